The SMILES string of the molecule is CC1(C)CN(C2CCCCCC2)CC(=O)N1. The molecule has 0 unspecified atom stereocenters. The van der Waals surface area contributed by atoms with E-state index >= 15 is 0 Å². The lowest BCUT2D eigenvalue weighted by Crippen LogP contribution is -2.61. The third-order valence-corrected chi connectivity index (χ3v) is 3.76. The van der Waals surface area contributed by atoms with E-state index in [1.165, 1.54) is 38.5 Å². The Kier molecular flexibility index (Phi) is 3.53. The van der Waals surface area contributed by atoms with Crippen LogP contribution in [0.1, 0.15) is 52.4 Å². The van der Waals surface area contributed by atoms with Gasteiger partial charge in [-0.1, -0.05) is 25.7 Å². The van der Waals surface area contributed by atoms with E-state index in [1.807, 2.05) is 0 Å². The molecule has 0 atom stereocenters. The van der Waals surface area contributed by atoms with Crippen LogP contribution < -0.4 is 5.32 Å². The normalized spacial score (nSPS) is 28.5. The second kappa shape index (κ2) is 4.74. The Bertz CT molecular complexity index is 255. The van der Waals surface area contributed by atoms with Crippen LogP contribution in [0, 0.1) is 0 Å². The number of hydrogen-bond donors (Lipinski definition) is 1. The summed E-state index contributed by atoms with van der Waals surface area (Å²) in [6, 6.07) is 0.646. The lowest BCUT2D eigenvalue weighted by Gasteiger charge is -2.42. The maximum atomic E-state index is 11.7. The number of rotatable bonds is 1. The van der Waals surface area contributed by atoms with Gasteiger partial charge in [-0.3, -0.25) is 9.69 Å². The van der Waals surface area contributed by atoms with Crippen LogP contribution in [0.4, 0.5) is 0 Å². The molecule has 0 spiro atoms. The molecule has 1 saturated heterocycles. The molecule has 1 N–H and O–H groups in total. The second-order valence-corrected chi connectivity index (χ2v) is 5.98. The Morgan fingerprint density at radius 2 is 1.81 bits per heavy atom. The Hall–Kier alpha value is -0.570. The number of carbonyl (C=O) groups is 1. The third kappa shape index (κ3) is 2.97. The number of piperazine rings is 1. The van der Waals surface area contributed by atoms with Gasteiger partial charge >= 0.3 is 0 Å². The maximum absolute atomic E-state index is 11.7. The van der Waals surface area contributed by atoms with Crippen LogP contribution in [-0.4, -0.2) is 35.5 Å². The first-order valence-corrected chi connectivity index (χ1v) is 6.62. The molecule has 1 amide bonds. The summed E-state index contributed by atoms with van der Waals surface area (Å²) in [6.45, 7) is 5.85. The molecule has 1 aliphatic heterocycles. The topological polar surface area (TPSA) is 32.3 Å². The van der Waals surface area contributed by atoms with Gasteiger partial charge in [0.2, 0.25) is 5.91 Å². The van der Waals surface area contributed by atoms with Gasteiger partial charge in [0.15, 0.2) is 0 Å². The highest BCUT2D eigenvalue weighted by molar-refractivity contribution is 5.79. The highest BCUT2D eigenvalue weighted by atomic mass is 16.2. The number of carbonyl (C=O) groups excluding carboxylic acids is 1. The molecule has 1 heterocycles. The van der Waals surface area contributed by atoms with E-state index in [1.54, 1.807) is 0 Å². The van der Waals surface area contributed by atoms with Crippen molar-refractivity contribution in [1.29, 1.82) is 0 Å². The fourth-order valence-corrected chi connectivity index (χ4v) is 3.09. The molecule has 0 bridgehead atoms. The molecular weight excluding hydrogens is 200 g/mol. The molecule has 2 aliphatic rings. The average molecular weight is 224 g/mol. The van der Waals surface area contributed by atoms with Crippen molar-refractivity contribution in [3.8, 4) is 0 Å². The summed E-state index contributed by atoms with van der Waals surface area (Å²) in [7, 11) is 0. The molecule has 2 rings (SSSR count). The van der Waals surface area contributed by atoms with Gasteiger partial charge in [-0.05, 0) is 26.7 Å². The summed E-state index contributed by atoms with van der Waals surface area (Å²) >= 11 is 0. The second-order valence-electron chi connectivity index (χ2n) is 5.98. The standard InChI is InChI=1S/C13H24N2O/c1-13(2)10-15(9-12(16)14-13)11-7-5-3-4-6-8-11/h11H,3-10H2,1-2H3,(H,14,16). The van der Waals surface area contributed by atoms with Crippen molar-refractivity contribution in [2.45, 2.75) is 64.0 Å². The summed E-state index contributed by atoms with van der Waals surface area (Å²) in [5, 5.41) is 3.06. The van der Waals surface area contributed by atoms with Gasteiger partial charge in [-0.15, -0.1) is 0 Å². The lowest BCUT2D eigenvalue weighted by atomic mass is 9.98. The predicted octanol–water partition coefficient (Wildman–Crippen LogP) is 1.92. The number of nitrogens with one attached hydrogen (secondary N) is 1. The molecule has 0 aromatic carbocycles. The number of nitrogens with zero attached hydrogens (tertiary/aromatic N) is 1. The van der Waals surface area contributed by atoms with E-state index < -0.39 is 0 Å². The van der Waals surface area contributed by atoms with Crippen LogP contribution in [0.15, 0.2) is 0 Å². The quantitative estimate of drug-likeness (QED) is 0.690. The largest absolute Gasteiger partial charge is 0.349 e. The van der Waals surface area contributed by atoms with E-state index in [-0.39, 0.29) is 11.4 Å². The first-order valence-electron chi connectivity index (χ1n) is 6.62. The summed E-state index contributed by atoms with van der Waals surface area (Å²) in [4.78, 5) is 14.1. The zero-order valence-electron chi connectivity index (χ0n) is 10.6. The minimum absolute atomic E-state index is 0.0539. The van der Waals surface area contributed by atoms with Crippen molar-refractivity contribution in [1.82, 2.24) is 10.2 Å². The van der Waals surface area contributed by atoms with Gasteiger partial charge in [0, 0.05) is 18.1 Å². The van der Waals surface area contributed by atoms with Crippen molar-refractivity contribution in [2.24, 2.45) is 0 Å². The molecule has 3 heteroatoms. The van der Waals surface area contributed by atoms with E-state index in [2.05, 4.69) is 24.1 Å². The van der Waals surface area contributed by atoms with Crippen LogP contribution in [0.5, 0.6) is 0 Å². The van der Waals surface area contributed by atoms with Crippen LogP contribution in [-0.2, 0) is 4.79 Å². The third-order valence-electron chi connectivity index (χ3n) is 3.76. The molecule has 0 aromatic rings. The monoisotopic (exact) mass is 224 g/mol. The summed E-state index contributed by atoms with van der Waals surface area (Å²) < 4.78 is 0. The van der Waals surface area contributed by atoms with Gasteiger partial charge in [0.05, 0.1) is 6.54 Å². The van der Waals surface area contributed by atoms with Crippen LogP contribution >= 0.6 is 0 Å². The summed E-state index contributed by atoms with van der Waals surface area (Å²) in [5.41, 5.74) is -0.0539. The van der Waals surface area contributed by atoms with Gasteiger partial charge in [-0.25, -0.2) is 0 Å². The minimum Gasteiger partial charge on any atom is -0.349 e. The van der Waals surface area contributed by atoms with Crippen LogP contribution in [0.3, 0.4) is 0 Å². The molecule has 1 aliphatic carbocycles. The smallest absolute Gasteiger partial charge is 0.234 e. The van der Waals surface area contributed by atoms with E-state index in [9.17, 15) is 4.79 Å². The Morgan fingerprint density at radius 3 is 2.38 bits per heavy atom. The number of amides is 1. The minimum atomic E-state index is -0.0539. The molecule has 0 aromatic heterocycles. The lowest BCUT2D eigenvalue weighted by molar-refractivity contribution is -0.128. The average Bonchev–Trinajstić information content (AvgIpc) is 2.42. The highest BCUT2D eigenvalue weighted by Crippen LogP contribution is 2.24. The predicted molar refractivity (Wildman–Crippen MR) is 65.3 cm³/mol. The number of hydrogen-bond acceptors (Lipinski definition) is 2. The van der Waals surface area contributed by atoms with Crippen molar-refractivity contribution >= 4 is 5.91 Å². The zero-order chi connectivity index (χ0) is 11.6. The highest BCUT2D eigenvalue weighted by Gasteiger charge is 2.33. The zero-order valence-corrected chi connectivity index (χ0v) is 10.6. The first kappa shape index (κ1) is 11.9. The molecule has 0 radical (unpaired) electrons. The fraction of sp³-hybridized carbons (Fsp3) is 0.923. The fourth-order valence-electron chi connectivity index (χ4n) is 3.09. The molecule has 3 nitrogen and oxygen atoms in total. The van der Waals surface area contributed by atoms with Crippen molar-refractivity contribution < 1.29 is 4.79 Å². The van der Waals surface area contributed by atoms with Crippen LogP contribution in [0.2, 0.25) is 0 Å². The maximum Gasteiger partial charge on any atom is 0.234 e. The Morgan fingerprint density at radius 1 is 1.19 bits per heavy atom. The van der Waals surface area contributed by atoms with Crippen molar-refractivity contribution in [3.05, 3.63) is 0 Å². The summed E-state index contributed by atoms with van der Waals surface area (Å²) in [6.07, 6.45) is 7.99. The van der Waals surface area contributed by atoms with Gasteiger partial charge in [0.1, 0.15) is 0 Å². The van der Waals surface area contributed by atoms with Gasteiger partial charge in [-0.2, -0.15) is 0 Å². The van der Waals surface area contributed by atoms with E-state index in [0.29, 0.717) is 12.6 Å². The Balaban J connectivity index is 1.99. The van der Waals surface area contributed by atoms with Gasteiger partial charge in [0.25, 0.3) is 0 Å². The van der Waals surface area contributed by atoms with E-state index in [0.717, 1.165) is 6.54 Å². The molecule has 92 valence electrons. The molecule has 1 saturated carbocycles. The Labute approximate surface area is 98.6 Å². The van der Waals surface area contributed by atoms with Gasteiger partial charge < -0.3 is 5.32 Å². The molecule has 2 fully saturated rings. The summed E-state index contributed by atoms with van der Waals surface area (Å²) in [5.74, 6) is 0.195. The van der Waals surface area contributed by atoms with E-state index in [4.69, 9.17) is 0 Å². The van der Waals surface area contributed by atoms with Crippen molar-refractivity contribution in [2.75, 3.05) is 13.1 Å². The van der Waals surface area contributed by atoms with Crippen LogP contribution in [0.25, 0.3) is 0 Å². The first-order chi connectivity index (χ1) is 7.57. The van der Waals surface area contributed by atoms with Crippen molar-refractivity contribution in [3.63, 3.8) is 0 Å². The molecule has 16 heavy (non-hydrogen) atoms. The molecular formula is C13H24N2O.